The molecule has 0 unspecified atom stereocenters. The summed E-state index contributed by atoms with van der Waals surface area (Å²) in [5, 5.41) is 28.1. The maximum atomic E-state index is 9.36. The molecule has 4 heteroatoms. The molecule has 1 aliphatic carbocycles. The van der Waals surface area contributed by atoms with Gasteiger partial charge >= 0.3 is 0 Å². The van der Waals surface area contributed by atoms with Crippen molar-refractivity contribution in [3.63, 3.8) is 0 Å². The number of aliphatic hydroxyl groups is 3. The molecule has 2 aromatic carbocycles. The second-order valence-corrected chi connectivity index (χ2v) is 5.66. The van der Waals surface area contributed by atoms with Crippen molar-refractivity contribution in [1.29, 1.82) is 0 Å². The van der Waals surface area contributed by atoms with Crippen LogP contribution in [0.4, 0.5) is 0 Å². The Morgan fingerprint density at radius 2 is 1.59 bits per heavy atom. The Morgan fingerprint density at radius 3 is 2.32 bits per heavy atom. The van der Waals surface area contributed by atoms with Gasteiger partial charge in [0.05, 0.1) is 19.8 Å². The van der Waals surface area contributed by atoms with E-state index in [-0.39, 0.29) is 0 Å². The van der Waals surface area contributed by atoms with E-state index >= 15 is 0 Å². The van der Waals surface area contributed by atoms with Gasteiger partial charge in [-0.05, 0) is 34.2 Å². The van der Waals surface area contributed by atoms with Crippen LogP contribution in [0.3, 0.4) is 0 Å². The largest absolute Gasteiger partial charge is 0.394 e. The Labute approximate surface area is 129 Å². The molecule has 0 radical (unpaired) electrons. The van der Waals surface area contributed by atoms with E-state index in [1.54, 1.807) is 6.21 Å². The highest BCUT2D eigenvalue weighted by Crippen LogP contribution is 2.37. The first-order chi connectivity index (χ1) is 10.7. The van der Waals surface area contributed by atoms with E-state index in [2.05, 4.69) is 23.2 Å². The van der Waals surface area contributed by atoms with Crippen molar-refractivity contribution < 1.29 is 15.3 Å². The van der Waals surface area contributed by atoms with Crippen LogP contribution < -0.4 is 0 Å². The van der Waals surface area contributed by atoms with Crippen molar-refractivity contribution in [1.82, 2.24) is 0 Å². The van der Waals surface area contributed by atoms with Gasteiger partial charge in [-0.15, -0.1) is 0 Å². The van der Waals surface area contributed by atoms with E-state index in [1.165, 1.54) is 22.3 Å². The number of fused-ring (bicyclic) bond motifs is 3. The van der Waals surface area contributed by atoms with Crippen LogP contribution in [-0.4, -0.2) is 46.9 Å². The topological polar surface area (TPSA) is 73.0 Å². The third-order valence-corrected chi connectivity index (χ3v) is 4.25. The Hall–Kier alpha value is -2.01. The zero-order valence-electron chi connectivity index (χ0n) is 12.2. The summed E-state index contributed by atoms with van der Waals surface area (Å²) < 4.78 is 0. The first kappa shape index (κ1) is 14.9. The van der Waals surface area contributed by atoms with Gasteiger partial charge < -0.3 is 15.3 Å². The molecule has 4 nitrogen and oxygen atoms in total. The molecule has 114 valence electrons. The Kier molecular flexibility index (Phi) is 4.07. The number of nitrogens with zero attached hydrogens (tertiary/aromatic N) is 1. The lowest BCUT2D eigenvalue weighted by molar-refractivity contribution is 0.0718. The van der Waals surface area contributed by atoms with Crippen molar-refractivity contribution in [2.24, 2.45) is 4.99 Å². The normalized spacial score (nSPS) is 13.4. The predicted molar refractivity (Wildman–Crippen MR) is 86.3 cm³/mol. The minimum Gasteiger partial charge on any atom is -0.394 e. The summed E-state index contributed by atoms with van der Waals surface area (Å²) in [5.41, 5.74) is 4.64. The molecule has 0 aromatic heterocycles. The smallest absolute Gasteiger partial charge is 0.129 e. The van der Waals surface area contributed by atoms with Gasteiger partial charge in [0.2, 0.25) is 0 Å². The fraction of sp³-hybridized carbons (Fsp3) is 0.278. The summed E-state index contributed by atoms with van der Waals surface area (Å²) in [7, 11) is 0. The summed E-state index contributed by atoms with van der Waals surface area (Å²) in [4.78, 5) is 4.25. The van der Waals surface area contributed by atoms with Gasteiger partial charge in [-0.2, -0.15) is 0 Å². The van der Waals surface area contributed by atoms with Gasteiger partial charge in [-0.1, -0.05) is 42.5 Å². The Bertz CT molecular complexity index is 697. The van der Waals surface area contributed by atoms with Crippen LogP contribution in [0.2, 0.25) is 0 Å². The number of rotatable bonds is 5. The fourth-order valence-electron chi connectivity index (χ4n) is 2.78. The molecule has 3 N–H and O–H groups in total. The van der Waals surface area contributed by atoms with E-state index in [1.807, 2.05) is 24.3 Å². The molecule has 0 amide bonds. The van der Waals surface area contributed by atoms with E-state index in [0.29, 0.717) is 0 Å². The zero-order chi connectivity index (χ0) is 15.6. The summed E-state index contributed by atoms with van der Waals surface area (Å²) in [6.45, 7) is -1.19. The molecule has 0 saturated carbocycles. The summed E-state index contributed by atoms with van der Waals surface area (Å²) in [6, 6.07) is 14.3. The van der Waals surface area contributed by atoms with Gasteiger partial charge in [-0.25, -0.2) is 0 Å². The molecule has 0 heterocycles. The van der Waals surface area contributed by atoms with Crippen molar-refractivity contribution >= 4 is 6.21 Å². The Balaban J connectivity index is 1.99. The zero-order valence-corrected chi connectivity index (χ0v) is 12.2. The van der Waals surface area contributed by atoms with Gasteiger partial charge in [-0.3, -0.25) is 4.99 Å². The standard InChI is InChI=1S/C18H19NO3/c20-10-18(11-21,12-22)19-9-14-5-3-7-16-15-6-2-1-4-13(15)8-17(14)16/h1-7,9,20-22H,8,10-12H2. The van der Waals surface area contributed by atoms with E-state index in [0.717, 1.165) is 12.0 Å². The van der Waals surface area contributed by atoms with Crippen LogP contribution >= 0.6 is 0 Å². The first-order valence-corrected chi connectivity index (χ1v) is 7.31. The lowest BCUT2D eigenvalue weighted by Gasteiger charge is -2.22. The molecule has 0 spiro atoms. The van der Waals surface area contributed by atoms with Gasteiger partial charge in [0, 0.05) is 6.21 Å². The minimum atomic E-state index is -1.23. The maximum Gasteiger partial charge on any atom is 0.129 e. The molecule has 0 saturated heterocycles. The molecule has 22 heavy (non-hydrogen) atoms. The highest BCUT2D eigenvalue weighted by atomic mass is 16.3. The molecule has 0 atom stereocenters. The number of aliphatic hydroxyl groups excluding tert-OH is 3. The molecule has 2 aromatic rings. The summed E-state index contributed by atoms with van der Waals surface area (Å²) in [5.74, 6) is 0. The van der Waals surface area contributed by atoms with Crippen LogP contribution in [0.15, 0.2) is 47.5 Å². The lowest BCUT2D eigenvalue weighted by atomic mass is 10.0. The van der Waals surface area contributed by atoms with Crippen LogP contribution in [-0.2, 0) is 6.42 Å². The SMILES string of the molecule is OCC(CO)(CO)N=Cc1cccc2c1Cc1ccccc1-2. The second-order valence-electron chi connectivity index (χ2n) is 5.66. The molecule has 0 fully saturated rings. The van der Waals surface area contributed by atoms with E-state index in [9.17, 15) is 15.3 Å². The number of benzene rings is 2. The van der Waals surface area contributed by atoms with Crippen LogP contribution in [0.25, 0.3) is 11.1 Å². The van der Waals surface area contributed by atoms with E-state index < -0.39 is 25.4 Å². The molecule has 0 aliphatic heterocycles. The highest BCUT2D eigenvalue weighted by molar-refractivity contribution is 5.89. The molecule has 0 bridgehead atoms. The average molecular weight is 297 g/mol. The quantitative estimate of drug-likeness (QED) is 0.623. The number of hydrogen-bond donors (Lipinski definition) is 3. The monoisotopic (exact) mass is 297 g/mol. The van der Waals surface area contributed by atoms with Crippen molar-refractivity contribution in [2.45, 2.75) is 12.0 Å². The van der Waals surface area contributed by atoms with Crippen LogP contribution in [0.5, 0.6) is 0 Å². The van der Waals surface area contributed by atoms with Crippen molar-refractivity contribution in [3.05, 3.63) is 59.2 Å². The summed E-state index contributed by atoms with van der Waals surface area (Å²) in [6.07, 6.45) is 2.49. The van der Waals surface area contributed by atoms with Crippen molar-refractivity contribution in [2.75, 3.05) is 19.8 Å². The first-order valence-electron chi connectivity index (χ1n) is 7.31. The number of aliphatic imine (C=N–C) groups is 1. The number of hydrogen-bond acceptors (Lipinski definition) is 4. The Morgan fingerprint density at radius 1 is 0.909 bits per heavy atom. The second kappa shape index (κ2) is 6.01. The molecular formula is C18H19NO3. The minimum absolute atomic E-state index is 0.397. The third kappa shape index (κ3) is 2.46. The third-order valence-electron chi connectivity index (χ3n) is 4.25. The van der Waals surface area contributed by atoms with Gasteiger partial charge in [0.15, 0.2) is 0 Å². The van der Waals surface area contributed by atoms with Crippen LogP contribution in [0, 0.1) is 0 Å². The predicted octanol–water partition coefficient (Wildman–Crippen LogP) is 1.39. The van der Waals surface area contributed by atoms with Crippen molar-refractivity contribution in [3.8, 4) is 11.1 Å². The average Bonchev–Trinajstić information content (AvgIpc) is 2.96. The maximum absolute atomic E-state index is 9.36. The lowest BCUT2D eigenvalue weighted by Crippen LogP contribution is -2.39. The van der Waals surface area contributed by atoms with Gasteiger partial charge in [0.1, 0.15) is 5.54 Å². The fourth-order valence-corrected chi connectivity index (χ4v) is 2.78. The highest BCUT2D eigenvalue weighted by Gasteiger charge is 2.26. The van der Waals surface area contributed by atoms with Crippen LogP contribution in [0.1, 0.15) is 16.7 Å². The van der Waals surface area contributed by atoms with Gasteiger partial charge in [0.25, 0.3) is 0 Å². The molecule has 3 rings (SSSR count). The van der Waals surface area contributed by atoms with E-state index in [4.69, 9.17) is 0 Å². The molecular weight excluding hydrogens is 278 g/mol. The molecule has 1 aliphatic rings. The summed E-state index contributed by atoms with van der Waals surface area (Å²) >= 11 is 0.